The lowest BCUT2D eigenvalue weighted by molar-refractivity contribution is 0.102. The fourth-order valence-electron chi connectivity index (χ4n) is 1.66. The minimum atomic E-state index is -0.169. The van der Waals surface area contributed by atoms with Crippen molar-refractivity contribution in [1.82, 2.24) is 4.98 Å². The monoisotopic (exact) mass is 333 g/mol. The van der Waals surface area contributed by atoms with Crippen LogP contribution in [0.15, 0.2) is 47.1 Å². The van der Waals surface area contributed by atoms with Gasteiger partial charge in [0.1, 0.15) is 5.82 Å². The lowest BCUT2D eigenvalue weighted by atomic mass is 10.2. The molecule has 0 fully saturated rings. The van der Waals surface area contributed by atoms with E-state index < -0.39 is 0 Å². The Kier molecular flexibility index (Phi) is 5.12. The molecule has 0 aliphatic heterocycles. The molecule has 0 atom stereocenters. The van der Waals surface area contributed by atoms with Crippen LogP contribution in [0.1, 0.15) is 23.7 Å². The fraction of sp³-hybridized carbons (Fsp3) is 0.200. The summed E-state index contributed by atoms with van der Waals surface area (Å²) in [5, 5.41) is 6.00. The van der Waals surface area contributed by atoms with Gasteiger partial charge in [-0.15, -0.1) is 0 Å². The third-order valence-corrected chi connectivity index (χ3v) is 3.16. The van der Waals surface area contributed by atoms with Gasteiger partial charge in [0.25, 0.3) is 5.91 Å². The molecule has 1 heterocycles. The molecule has 0 unspecified atom stereocenters. The molecule has 1 aromatic heterocycles. The number of hydrogen-bond acceptors (Lipinski definition) is 3. The van der Waals surface area contributed by atoms with Gasteiger partial charge in [-0.1, -0.05) is 28.9 Å². The molecule has 0 spiro atoms. The highest BCUT2D eigenvalue weighted by molar-refractivity contribution is 9.10. The molecule has 5 heteroatoms. The summed E-state index contributed by atoms with van der Waals surface area (Å²) in [6.45, 7) is 2.96. The molecule has 1 amide bonds. The summed E-state index contributed by atoms with van der Waals surface area (Å²) < 4.78 is 0.924. The van der Waals surface area contributed by atoms with Crippen LogP contribution in [0.2, 0.25) is 0 Å². The number of amides is 1. The van der Waals surface area contributed by atoms with Crippen molar-refractivity contribution in [3.63, 3.8) is 0 Å². The van der Waals surface area contributed by atoms with Crippen molar-refractivity contribution >= 4 is 33.3 Å². The highest BCUT2D eigenvalue weighted by Gasteiger charge is 2.06. The van der Waals surface area contributed by atoms with Crippen LogP contribution in [-0.4, -0.2) is 17.4 Å². The summed E-state index contributed by atoms with van der Waals surface area (Å²) in [5.41, 5.74) is 1.28. The average Bonchev–Trinajstić information content (AvgIpc) is 2.45. The zero-order valence-electron chi connectivity index (χ0n) is 11.2. The number of pyridine rings is 1. The van der Waals surface area contributed by atoms with E-state index in [4.69, 9.17) is 0 Å². The number of halogens is 1. The van der Waals surface area contributed by atoms with E-state index in [9.17, 15) is 4.79 Å². The van der Waals surface area contributed by atoms with Crippen LogP contribution < -0.4 is 10.6 Å². The van der Waals surface area contributed by atoms with Gasteiger partial charge in [0.15, 0.2) is 0 Å². The minimum absolute atomic E-state index is 0.169. The Morgan fingerprint density at radius 3 is 2.80 bits per heavy atom. The van der Waals surface area contributed by atoms with Gasteiger partial charge in [-0.3, -0.25) is 4.79 Å². The molecule has 2 rings (SSSR count). The van der Waals surface area contributed by atoms with Gasteiger partial charge >= 0.3 is 0 Å². The smallest absolute Gasteiger partial charge is 0.257 e. The maximum Gasteiger partial charge on any atom is 0.257 e. The SMILES string of the molecule is CCCNc1ccc(C(=O)Nc2cccc(Br)c2)cn1. The summed E-state index contributed by atoms with van der Waals surface area (Å²) in [7, 11) is 0. The van der Waals surface area contributed by atoms with Crippen molar-refractivity contribution in [2.75, 3.05) is 17.2 Å². The predicted octanol–water partition coefficient (Wildman–Crippen LogP) is 3.92. The molecule has 0 aliphatic carbocycles. The van der Waals surface area contributed by atoms with Gasteiger partial charge in [0.2, 0.25) is 0 Å². The van der Waals surface area contributed by atoms with Gasteiger partial charge in [0.05, 0.1) is 5.56 Å². The summed E-state index contributed by atoms with van der Waals surface area (Å²) in [6, 6.07) is 11.0. The standard InChI is InChI=1S/C15H16BrN3O/c1-2-8-17-14-7-6-11(10-18-14)15(20)19-13-5-3-4-12(16)9-13/h3-7,9-10H,2,8H2,1H3,(H,17,18)(H,19,20). The van der Waals surface area contributed by atoms with E-state index in [-0.39, 0.29) is 5.91 Å². The number of carbonyl (C=O) groups excluding carboxylic acids is 1. The van der Waals surface area contributed by atoms with Crippen LogP contribution in [0.3, 0.4) is 0 Å². The molecule has 0 saturated heterocycles. The van der Waals surface area contributed by atoms with Crippen LogP contribution in [0.25, 0.3) is 0 Å². The summed E-state index contributed by atoms with van der Waals surface area (Å²) >= 11 is 3.37. The lowest BCUT2D eigenvalue weighted by Crippen LogP contribution is -2.12. The van der Waals surface area contributed by atoms with E-state index in [1.54, 1.807) is 12.3 Å². The molecule has 2 N–H and O–H groups in total. The normalized spacial score (nSPS) is 10.1. The molecular weight excluding hydrogens is 318 g/mol. The Morgan fingerprint density at radius 2 is 2.15 bits per heavy atom. The average molecular weight is 334 g/mol. The molecule has 1 aromatic carbocycles. The van der Waals surface area contributed by atoms with E-state index in [0.717, 1.165) is 28.9 Å². The molecular formula is C15H16BrN3O. The maximum atomic E-state index is 12.1. The maximum absolute atomic E-state index is 12.1. The number of carbonyl (C=O) groups is 1. The highest BCUT2D eigenvalue weighted by atomic mass is 79.9. The third kappa shape index (κ3) is 4.06. The minimum Gasteiger partial charge on any atom is -0.370 e. The molecule has 20 heavy (non-hydrogen) atoms. The number of nitrogens with zero attached hydrogens (tertiary/aromatic N) is 1. The summed E-state index contributed by atoms with van der Waals surface area (Å²) in [6.07, 6.45) is 2.61. The predicted molar refractivity (Wildman–Crippen MR) is 85.1 cm³/mol. The first-order chi connectivity index (χ1) is 9.69. The van der Waals surface area contributed by atoms with E-state index in [1.807, 2.05) is 30.3 Å². The zero-order chi connectivity index (χ0) is 14.4. The molecule has 4 nitrogen and oxygen atoms in total. The van der Waals surface area contributed by atoms with E-state index >= 15 is 0 Å². The lowest BCUT2D eigenvalue weighted by Gasteiger charge is -2.07. The number of benzene rings is 1. The van der Waals surface area contributed by atoms with Crippen LogP contribution >= 0.6 is 15.9 Å². The fourth-order valence-corrected chi connectivity index (χ4v) is 2.05. The molecule has 2 aromatic rings. The van der Waals surface area contributed by atoms with Gasteiger partial charge in [0, 0.05) is 22.9 Å². The Hall–Kier alpha value is -1.88. The Balaban J connectivity index is 2.02. The Labute approximate surface area is 126 Å². The second-order valence-corrected chi connectivity index (χ2v) is 5.24. The molecule has 0 bridgehead atoms. The van der Waals surface area contributed by atoms with Crippen LogP contribution in [-0.2, 0) is 0 Å². The number of nitrogens with one attached hydrogen (secondary N) is 2. The number of aromatic nitrogens is 1. The summed E-state index contributed by atoms with van der Waals surface area (Å²) in [5.74, 6) is 0.614. The van der Waals surface area contributed by atoms with Crippen LogP contribution in [0.4, 0.5) is 11.5 Å². The van der Waals surface area contributed by atoms with Crippen molar-refractivity contribution in [2.45, 2.75) is 13.3 Å². The number of hydrogen-bond donors (Lipinski definition) is 2. The van der Waals surface area contributed by atoms with Gasteiger partial charge in [-0.05, 0) is 36.8 Å². The first-order valence-electron chi connectivity index (χ1n) is 6.46. The summed E-state index contributed by atoms with van der Waals surface area (Å²) in [4.78, 5) is 16.3. The quantitative estimate of drug-likeness (QED) is 0.871. The van der Waals surface area contributed by atoms with Crippen LogP contribution in [0, 0.1) is 0 Å². The van der Waals surface area contributed by atoms with Crippen molar-refractivity contribution in [3.8, 4) is 0 Å². The van der Waals surface area contributed by atoms with E-state index in [1.165, 1.54) is 0 Å². The third-order valence-electron chi connectivity index (χ3n) is 2.66. The Bertz CT molecular complexity index is 584. The molecule has 0 saturated carbocycles. The van der Waals surface area contributed by atoms with Crippen molar-refractivity contribution in [1.29, 1.82) is 0 Å². The largest absolute Gasteiger partial charge is 0.370 e. The van der Waals surface area contributed by atoms with Crippen molar-refractivity contribution in [3.05, 3.63) is 52.6 Å². The molecule has 104 valence electrons. The van der Waals surface area contributed by atoms with Gasteiger partial charge in [-0.25, -0.2) is 4.98 Å². The molecule has 0 aliphatic rings. The molecule has 0 radical (unpaired) electrons. The van der Waals surface area contributed by atoms with E-state index in [2.05, 4.69) is 38.5 Å². The number of rotatable bonds is 5. The van der Waals surface area contributed by atoms with Gasteiger partial charge < -0.3 is 10.6 Å². The van der Waals surface area contributed by atoms with E-state index in [0.29, 0.717) is 5.56 Å². The van der Waals surface area contributed by atoms with Crippen molar-refractivity contribution in [2.24, 2.45) is 0 Å². The van der Waals surface area contributed by atoms with Crippen molar-refractivity contribution < 1.29 is 4.79 Å². The Morgan fingerprint density at radius 1 is 1.30 bits per heavy atom. The first-order valence-corrected chi connectivity index (χ1v) is 7.25. The zero-order valence-corrected chi connectivity index (χ0v) is 12.8. The van der Waals surface area contributed by atoms with Crippen LogP contribution in [0.5, 0.6) is 0 Å². The number of anilines is 2. The second-order valence-electron chi connectivity index (χ2n) is 4.32. The topological polar surface area (TPSA) is 54.0 Å². The van der Waals surface area contributed by atoms with Gasteiger partial charge in [-0.2, -0.15) is 0 Å². The first kappa shape index (κ1) is 14.5. The highest BCUT2D eigenvalue weighted by Crippen LogP contribution is 2.16. The second kappa shape index (κ2) is 7.05.